The number of nitrogens with one attached hydrogen (secondary N) is 5. The summed E-state index contributed by atoms with van der Waals surface area (Å²) < 4.78 is 101. The maximum absolute atomic E-state index is 13.3. The van der Waals surface area contributed by atoms with E-state index in [1.807, 2.05) is 0 Å². The molecule has 5 amide bonds. The third-order valence-corrected chi connectivity index (χ3v) is 21.7. The van der Waals surface area contributed by atoms with Gasteiger partial charge in [-0.05, 0) is 0 Å². The highest BCUT2D eigenvalue weighted by Crippen LogP contribution is 2.42. The van der Waals surface area contributed by atoms with Crippen LogP contribution >= 0.6 is 0 Å². The number of carboxylic acid groups (broad SMARTS) is 1. The van der Waals surface area contributed by atoms with Crippen LogP contribution in [0.5, 0.6) is 0 Å². The summed E-state index contributed by atoms with van der Waals surface area (Å²) in [6, 6.07) is -9.22. The van der Waals surface area contributed by atoms with E-state index in [0.29, 0.717) is 0 Å². The quantitative estimate of drug-likeness (QED) is 0.0290. The first kappa shape index (κ1) is 99.9. The topological polar surface area (TPSA) is 845 Å². The van der Waals surface area contributed by atoms with Gasteiger partial charge in [0.05, 0.1) is 71.6 Å². The van der Waals surface area contributed by atoms with Crippen molar-refractivity contribution >= 4 is 35.5 Å². The van der Waals surface area contributed by atoms with Gasteiger partial charge < -0.3 is 240 Å². The molecule has 31 N–H and O–H groups in total. The molecule has 0 saturated carbocycles. The van der Waals surface area contributed by atoms with Crippen LogP contribution in [-0.4, -0.2) is 509 Å². The van der Waals surface area contributed by atoms with Crippen molar-refractivity contribution in [2.75, 3.05) is 59.5 Å². The Hall–Kier alpha value is -4.86. The summed E-state index contributed by atoms with van der Waals surface area (Å²) in [5.41, 5.74) is 0. The van der Waals surface area contributed by atoms with E-state index in [-0.39, 0.29) is 0 Å². The number of aliphatic hydroxyl groups excluding tert-OH is 25. The van der Waals surface area contributed by atoms with E-state index < -0.39 is 383 Å². The normalized spacial score (nSPS) is 46.6. The first-order valence-corrected chi connectivity index (χ1v) is 38.3. The van der Waals surface area contributed by atoms with E-state index in [1.54, 1.807) is 0 Å². The van der Waals surface area contributed by atoms with Crippen LogP contribution in [0.2, 0.25) is 0 Å². The standard InChI is InChI=1S/C67H111N5O49/c1-16(81)68-31-21(86)6-67(66(103)104,120-53(31)36(88)22(87)7-73)121-55-40(92)26(11-77)108-63(49(55)101)116-52-29(14-80)112-61(35(45(52)97)72-20(5)85)118-56-46(98)38(90)24(9-75)109-64(56)105-15-30-41(93)54(117-65-57(47(99)39(91)25(10-76)110-65)119-59-33(70-18(3)83)42(94)37(89)23(8-74)107-59)48(100)62(113-30)115-51-28(13-79)111-60(34(44(51)96)71-19(4)84)114-50-27(12-78)106-58(102)32(43(50)95)69-17(2)82/h21-65,73-80,86-102H,6-15H2,1-5H3,(H,68,81)(H,69,82)(H,70,83)(H,71,84)(H,72,85)(H,103,104)/t21-,22+,23+,24+,25+,26+,27+,28+,29+,30+,31+,32+,33+,34+,35+,36+,37+,38+,39+,40-,41+,42+,43+,44+,45+,46-,47-,48-,49+,50+,51+,52+,53+,54-,55-,56-,57-,58?,59-,60-,61-,62-,63-,64-,65+,67-/m0/s1. The van der Waals surface area contributed by atoms with Crippen LogP contribution in [0.4, 0.5) is 0 Å². The SMILES string of the molecule is CC(=O)N[C@H]1[C@H](O[C@H]2[C@H](O)[C@@H](NC(C)=O)C(O)O[C@@H]2CO)O[C@H](CO)[C@@H](O[C@@H]2O[C@H](CO[C@H]3O[C@H](CO)[C@@H](O)[C@H](O)[C@@H]3O[C@@H]3O[C@H](CO)[C@@H](O[C@@H]4O[C@H](CO)[C@H](O)[C@H](O[C@]5(C(=O)O)C[C@H](O)[C@@H](NC(C)=O)[C@H]([C@H](O)[C@H](O)CO)O5)[C@H]4O)[C@H](O)[C@H]3NC(C)=O)[C@@H](O)[C@H](O[C@H]3O[C@H](CO)[C@@H](O)[C@H](O)[C@@H]3O[C@@H]3O[C@H](CO)[C@@H](O)[C@H](O)[C@H]3NC(C)=O)[C@@H]2O)[C@@H]1O. The molecule has 698 valence electrons. The summed E-state index contributed by atoms with van der Waals surface area (Å²) in [4.78, 5) is 76.3. The van der Waals surface area contributed by atoms with Gasteiger partial charge in [-0.3, -0.25) is 24.0 Å². The molecule has 0 aromatic heterocycles. The Morgan fingerprint density at radius 3 is 1.10 bits per heavy atom. The average molecular weight is 1770 g/mol. The van der Waals surface area contributed by atoms with E-state index in [0.717, 1.165) is 34.6 Å². The summed E-state index contributed by atoms with van der Waals surface area (Å²) in [6.45, 7) is -5.78. The van der Waals surface area contributed by atoms with Gasteiger partial charge in [-0.1, -0.05) is 0 Å². The highest BCUT2D eigenvalue weighted by molar-refractivity contribution is 5.77. The van der Waals surface area contributed by atoms with Gasteiger partial charge in [-0.15, -0.1) is 0 Å². The predicted octanol–water partition coefficient (Wildman–Crippen LogP) is -20.7. The molecule has 0 aromatic carbocycles. The van der Waals surface area contributed by atoms with Crippen molar-refractivity contribution in [3.8, 4) is 0 Å². The molecule has 46 atom stereocenters. The molecule has 0 radical (unpaired) electrons. The first-order chi connectivity index (χ1) is 57.1. The Morgan fingerprint density at radius 1 is 0.339 bits per heavy atom. The third-order valence-electron chi connectivity index (χ3n) is 21.7. The molecule has 0 bridgehead atoms. The van der Waals surface area contributed by atoms with E-state index in [4.69, 9.17) is 80.5 Å². The minimum absolute atomic E-state index is 0.796. The van der Waals surface area contributed by atoms with Crippen molar-refractivity contribution in [1.82, 2.24) is 26.6 Å². The molecular formula is C67H111N5O49. The number of hydrogen-bond donors (Lipinski definition) is 31. The number of carbonyl (C=O) groups excluding carboxylic acids is 5. The summed E-state index contributed by atoms with van der Waals surface area (Å²) in [5, 5.41) is 302. The van der Waals surface area contributed by atoms with Crippen LogP contribution < -0.4 is 26.6 Å². The smallest absolute Gasteiger partial charge is 0.364 e. The average Bonchev–Trinajstić information content (AvgIpc) is 0.753. The summed E-state index contributed by atoms with van der Waals surface area (Å²) in [7, 11) is 0. The summed E-state index contributed by atoms with van der Waals surface area (Å²) in [5.74, 6) is -10.00. The second kappa shape index (κ2) is 43.3. The van der Waals surface area contributed by atoms with Crippen molar-refractivity contribution in [2.45, 2.75) is 323 Å². The maximum Gasteiger partial charge on any atom is 0.364 e. The van der Waals surface area contributed by atoms with Crippen molar-refractivity contribution in [3.63, 3.8) is 0 Å². The summed E-state index contributed by atoms with van der Waals surface area (Å²) >= 11 is 0. The number of hydrogen-bond acceptors (Lipinski definition) is 48. The molecule has 1 unspecified atom stereocenters. The highest BCUT2D eigenvalue weighted by Gasteiger charge is 2.64. The molecule has 9 rings (SSSR count). The molecule has 0 spiro atoms. The highest BCUT2D eigenvalue weighted by atomic mass is 16.8. The van der Waals surface area contributed by atoms with Gasteiger partial charge in [0.15, 0.2) is 50.3 Å². The Labute approximate surface area is 684 Å². The fourth-order valence-corrected chi connectivity index (χ4v) is 15.6. The lowest BCUT2D eigenvalue weighted by atomic mass is 9.88. The van der Waals surface area contributed by atoms with Crippen LogP contribution in [0.1, 0.15) is 41.0 Å². The van der Waals surface area contributed by atoms with Gasteiger partial charge in [0.25, 0.3) is 5.79 Å². The third kappa shape index (κ3) is 22.3. The van der Waals surface area contributed by atoms with Gasteiger partial charge in [0.1, 0.15) is 213 Å². The van der Waals surface area contributed by atoms with Gasteiger partial charge in [0.2, 0.25) is 29.5 Å². The minimum atomic E-state index is -3.30. The van der Waals surface area contributed by atoms with Gasteiger partial charge in [0, 0.05) is 41.0 Å². The number of carboxylic acids is 1. The molecule has 9 saturated heterocycles. The number of carbonyl (C=O) groups is 6. The zero-order valence-corrected chi connectivity index (χ0v) is 65.1. The molecule has 9 fully saturated rings. The monoisotopic (exact) mass is 1770 g/mol. The van der Waals surface area contributed by atoms with Gasteiger partial charge in [-0.25, -0.2) is 4.79 Å². The van der Waals surface area contributed by atoms with E-state index in [1.165, 1.54) is 0 Å². The minimum Gasteiger partial charge on any atom is -0.477 e. The van der Waals surface area contributed by atoms with Crippen molar-refractivity contribution in [2.24, 2.45) is 0 Å². The zero-order valence-electron chi connectivity index (χ0n) is 65.1. The number of ether oxygens (including phenoxy) is 17. The Morgan fingerprint density at radius 2 is 0.661 bits per heavy atom. The Bertz CT molecular complexity index is 3340. The molecule has 54 nitrogen and oxygen atoms in total. The van der Waals surface area contributed by atoms with Crippen LogP contribution in [0.3, 0.4) is 0 Å². The number of rotatable bonds is 33. The lowest BCUT2D eigenvalue weighted by Crippen LogP contribution is -2.71. The van der Waals surface area contributed by atoms with Crippen LogP contribution in [0, 0.1) is 0 Å². The van der Waals surface area contributed by atoms with Crippen LogP contribution in [0.15, 0.2) is 0 Å². The molecule has 0 aromatic rings. The Kier molecular flexibility index (Phi) is 35.7. The van der Waals surface area contributed by atoms with Crippen LogP contribution in [-0.2, 0) is 109 Å². The van der Waals surface area contributed by atoms with Gasteiger partial charge >= 0.3 is 5.97 Å². The van der Waals surface area contributed by atoms with Crippen molar-refractivity contribution in [1.29, 1.82) is 0 Å². The van der Waals surface area contributed by atoms with Gasteiger partial charge in [-0.2, -0.15) is 0 Å². The van der Waals surface area contributed by atoms with E-state index in [9.17, 15) is 162 Å². The Balaban J connectivity index is 1.03. The second-order valence-corrected chi connectivity index (χ2v) is 30.3. The maximum atomic E-state index is 13.3. The van der Waals surface area contributed by atoms with E-state index >= 15 is 0 Å². The van der Waals surface area contributed by atoms with E-state index in [2.05, 4.69) is 26.6 Å². The largest absolute Gasteiger partial charge is 0.477 e. The molecule has 54 heteroatoms. The second-order valence-electron chi connectivity index (χ2n) is 30.3. The molecule has 121 heavy (non-hydrogen) atoms. The number of aliphatic hydroxyl groups is 25. The fraction of sp³-hybridized carbons (Fsp3) is 0.910. The lowest BCUT2D eigenvalue weighted by Gasteiger charge is -2.51. The molecule has 9 aliphatic heterocycles. The fourth-order valence-electron chi connectivity index (χ4n) is 15.6. The number of aliphatic carboxylic acids is 1. The van der Waals surface area contributed by atoms with Crippen LogP contribution in [0.25, 0.3) is 0 Å². The zero-order chi connectivity index (χ0) is 89.6. The molecule has 9 aliphatic rings. The molecule has 0 aliphatic carbocycles. The first-order valence-electron chi connectivity index (χ1n) is 38.3. The predicted molar refractivity (Wildman–Crippen MR) is 372 cm³/mol. The number of amides is 5. The molecular weight excluding hydrogens is 1660 g/mol. The summed E-state index contributed by atoms with van der Waals surface area (Å²) in [6.07, 6.45) is -88.2. The lowest BCUT2D eigenvalue weighted by molar-refractivity contribution is -0.397. The van der Waals surface area contributed by atoms with Crippen molar-refractivity contribution < 1.29 is 242 Å². The molecule has 9 heterocycles. The van der Waals surface area contributed by atoms with Crippen molar-refractivity contribution in [3.05, 3.63) is 0 Å².